The van der Waals surface area contributed by atoms with Crippen molar-refractivity contribution >= 4 is 29.1 Å². The molecule has 2 aromatic carbocycles. The largest absolute Gasteiger partial charge is 0.295 e. The first kappa shape index (κ1) is 14.0. The molecular formula is C14H9ClF2OS. The lowest BCUT2D eigenvalue weighted by atomic mass is 10.1. The highest BCUT2D eigenvalue weighted by Crippen LogP contribution is 2.35. The Balaban J connectivity index is 2.31. The van der Waals surface area contributed by atoms with Crippen molar-refractivity contribution in [2.75, 3.05) is 0 Å². The van der Waals surface area contributed by atoms with E-state index < -0.39 is 11.6 Å². The van der Waals surface area contributed by atoms with Gasteiger partial charge in [-0.05, 0) is 31.2 Å². The molecular weight excluding hydrogens is 290 g/mol. The third-order valence-electron chi connectivity index (χ3n) is 2.45. The first-order valence-electron chi connectivity index (χ1n) is 5.41. The van der Waals surface area contributed by atoms with Gasteiger partial charge in [-0.3, -0.25) is 4.79 Å². The summed E-state index contributed by atoms with van der Waals surface area (Å²) in [5.74, 6) is -1.36. The van der Waals surface area contributed by atoms with Crippen molar-refractivity contribution in [1.29, 1.82) is 0 Å². The number of halogens is 3. The first-order chi connectivity index (χ1) is 8.97. The number of rotatable bonds is 3. The average Bonchev–Trinajstić information content (AvgIpc) is 2.34. The van der Waals surface area contributed by atoms with Gasteiger partial charge in [0.25, 0.3) is 0 Å². The lowest BCUT2D eigenvalue weighted by molar-refractivity contribution is 0.101. The van der Waals surface area contributed by atoms with Crippen LogP contribution in [0.5, 0.6) is 0 Å². The normalized spacial score (nSPS) is 10.5. The van der Waals surface area contributed by atoms with Gasteiger partial charge in [0.1, 0.15) is 11.6 Å². The van der Waals surface area contributed by atoms with E-state index in [0.29, 0.717) is 15.5 Å². The van der Waals surface area contributed by atoms with Gasteiger partial charge in [-0.2, -0.15) is 0 Å². The van der Waals surface area contributed by atoms with Crippen molar-refractivity contribution in [1.82, 2.24) is 0 Å². The van der Waals surface area contributed by atoms with E-state index in [0.717, 1.165) is 17.8 Å². The molecule has 0 atom stereocenters. The monoisotopic (exact) mass is 298 g/mol. The van der Waals surface area contributed by atoms with Crippen molar-refractivity contribution in [3.8, 4) is 0 Å². The molecule has 0 saturated carbocycles. The van der Waals surface area contributed by atoms with Gasteiger partial charge < -0.3 is 0 Å². The van der Waals surface area contributed by atoms with Gasteiger partial charge in [0.2, 0.25) is 0 Å². The zero-order valence-corrected chi connectivity index (χ0v) is 11.5. The van der Waals surface area contributed by atoms with E-state index in [1.54, 1.807) is 12.1 Å². The van der Waals surface area contributed by atoms with Gasteiger partial charge in [-0.15, -0.1) is 0 Å². The number of carbonyl (C=O) groups excluding carboxylic acids is 1. The van der Waals surface area contributed by atoms with Crippen LogP contribution in [0.15, 0.2) is 46.2 Å². The van der Waals surface area contributed by atoms with Crippen LogP contribution in [0, 0.1) is 11.6 Å². The summed E-state index contributed by atoms with van der Waals surface area (Å²) in [5, 5.41) is 0.362. The Kier molecular flexibility index (Phi) is 4.22. The standard InChI is InChI=1S/C14H9ClF2OS/c1-8(18)9-2-4-13(11(15)6-9)19-14-5-3-10(16)7-12(14)17/h2-7H,1H3. The summed E-state index contributed by atoms with van der Waals surface area (Å²) >= 11 is 7.12. The van der Waals surface area contributed by atoms with Crippen LogP contribution in [-0.2, 0) is 0 Å². The van der Waals surface area contributed by atoms with Crippen LogP contribution < -0.4 is 0 Å². The highest BCUT2D eigenvalue weighted by Gasteiger charge is 2.10. The minimum absolute atomic E-state index is 0.0913. The van der Waals surface area contributed by atoms with Gasteiger partial charge >= 0.3 is 0 Å². The Morgan fingerprint density at radius 1 is 1.11 bits per heavy atom. The van der Waals surface area contributed by atoms with Gasteiger partial charge in [0.15, 0.2) is 5.78 Å². The van der Waals surface area contributed by atoms with Crippen molar-refractivity contribution in [2.45, 2.75) is 16.7 Å². The topological polar surface area (TPSA) is 17.1 Å². The van der Waals surface area contributed by atoms with Crippen molar-refractivity contribution in [3.05, 3.63) is 58.6 Å². The highest BCUT2D eigenvalue weighted by molar-refractivity contribution is 7.99. The van der Waals surface area contributed by atoms with E-state index in [4.69, 9.17) is 11.6 Å². The molecule has 2 aromatic rings. The summed E-state index contributed by atoms with van der Waals surface area (Å²) in [7, 11) is 0. The van der Waals surface area contributed by atoms with Crippen LogP contribution in [0.25, 0.3) is 0 Å². The van der Waals surface area contributed by atoms with E-state index in [1.807, 2.05) is 0 Å². The number of ketones is 1. The summed E-state index contributed by atoms with van der Waals surface area (Å²) in [5.41, 5.74) is 0.494. The lowest BCUT2D eigenvalue weighted by Gasteiger charge is -2.06. The van der Waals surface area contributed by atoms with Crippen molar-refractivity contribution in [2.24, 2.45) is 0 Å². The second kappa shape index (κ2) is 5.72. The zero-order chi connectivity index (χ0) is 14.0. The second-order valence-electron chi connectivity index (χ2n) is 3.88. The number of hydrogen-bond acceptors (Lipinski definition) is 2. The molecule has 0 bridgehead atoms. The predicted octanol–water partition coefficient (Wildman–Crippen LogP) is 4.97. The third-order valence-corrected chi connectivity index (χ3v) is 4.00. The lowest BCUT2D eigenvalue weighted by Crippen LogP contribution is -1.92. The van der Waals surface area contributed by atoms with Gasteiger partial charge in [-0.25, -0.2) is 8.78 Å². The molecule has 0 unspecified atom stereocenters. The molecule has 5 heteroatoms. The molecule has 0 radical (unpaired) electrons. The minimum atomic E-state index is -0.642. The molecule has 0 spiro atoms. The fraction of sp³-hybridized carbons (Fsp3) is 0.0714. The highest BCUT2D eigenvalue weighted by atomic mass is 35.5. The van der Waals surface area contributed by atoms with Crippen LogP contribution in [0.1, 0.15) is 17.3 Å². The molecule has 2 rings (SSSR count). The maximum absolute atomic E-state index is 13.5. The fourth-order valence-corrected chi connectivity index (χ4v) is 2.60. The van der Waals surface area contributed by atoms with E-state index in [9.17, 15) is 13.6 Å². The Morgan fingerprint density at radius 2 is 1.79 bits per heavy atom. The number of Topliss-reactive ketones (excluding diaryl/α,β-unsaturated/α-hetero) is 1. The first-order valence-corrected chi connectivity index (χ1v) is 6.60. The number of benzene rings is 2. The summed E-state index contributed by atoms with van der Waals surface area (Å²) < 4.78 is 26.3. The Labute approximate surface area is 118 Å². The number of carbonyl (C=O) groups is 1. The van der Waals surface area contributed by atoms with E-state index >= 15 is 0 Å². The van der Waals surface area contributed by atoms with Crippen LogP contribution in [-0.4, -0.2) is 5.78 Å². The molecule has 0 amide bonds. The smallest absolute Gasteiger partial charge is 0.159 e. The summed E-state index contributed by atoms with van der Waals surface area (Å²) in [4.78, 5) is 12.1. The van der Waals surface area contributed by atoms with Crippen molar-refractivity contribution < 1.29 is 13.6 Å². The molecule has 0 saturated heterocycles. The molecule has 0 aliphatic heterocycles. The zero-order valence-electron chi connectivity index (χ0n) is 9.91. The average molecular weight is 299 g/mol. The van der Waals surface area contributed by atoms with Crippen LogP contribution in [0.2, 0.25) is 5.02 Å². The molecule has 1 nitrogen and oxygen atoms in total. The van der Waals surface area contributed by atoms with Crippen LogP contribution in [0.4, 0.5) is 8.78 Å². The van der Waals surface area contributed by atoms with Gasteiger partial charge in [0, 0.05) is 21.4 Å². The molecule has 19 heavy (non-hydrogen) atoms. The molecule has 0 aliphatic carbocycles. The Hall–Kier alpha value is -1.39. The fourth-order valence-electron chi connectivity index (χ4n) is 1.48. The molecule has 98 valence electrons. The Morgan fingerprint density at radius 3 is 2.37 bits per heavy atom. The summed E-state index contributed by atoms with van der Waals surface area (Å²) in [6.07, 6.45) is 0. The van der Waals surface area contributed by atoms with E-state index in [-0.39, 0.29) is 10.7 Å². The molecule has 0 heterocycles. The predicted molar refractivity (Wildman–Crippen MR) is 71.9 cm³/mol. The van der Waals surface area contributed by atoms with E-state index in [1.165, 1.54) is 25.1 Å². The number of hydrogen-bond donors (Lipinski definition) is 0. The summed E-state index contributed by atoms with van der Waals surface area (Å²) in [6, 6.07) is 8.16. The molecule has 0 aliphatic rings. The quantitative estimate of drug-likeness (QED) is 0.744. The Bertz CT molecular complexity index is 643. The van der Waals surface area contributed by atoms with Gasteiger partial charge in [-0.1, -0.05) is 29.4 Å². The SMILES string of the molecule is CC(=O)c1ccc(Sc2ccc(F)cc2F)c(Cl)c1. The minimum Gasteiger partial charge on any atom is -0.295 e. The third kappa shape index (κ3) is 3.33. The maximum Gasteiger partial charge on any atom is 0.159 e. The summed E-state index contributed by atoms with van der Waals surface area (Å²) in [6.45, 7) is 1.44. The molecule has 0 N–H and O–H groups in total. The second-order valence-corrected chi connectivity index (χ2v) is 5.37. The van der Waals surface area contributed by atoms with Gasteiger partial charge in [0.05, 0.1) is 5.02 Å². The molecule has 0 aromatic heterocycles. The van der Waals surface area contributed by atoms with Crippen LogP contribution >= 0.6 is 23.4 Å². The molecule has 0 fully saturated rings. The van der Waals surface area contributed by atoms with Crippen LogP contribution in [0.3, 0.4) is 0 Å². The van der Waals surface area contributed by atoms with Crippen molar-refractivity contribution in [3.63, 3.8) is 0 Å². The van der Waals surface area contributed by atoms with E-state index in [2.05, 4.69) is 0 Å². The maximum atomic E-state index is 13.5.